The molecule has 0 unspecified atom stereocenters. The maximum atomic E-state index is 12.1. The first-order valence-corrected chi connectivity index (χ1v) is 7.74. The molecular weight excluding hydrogens is 264 g/mol. The molecule has 0 atom stereocenters. The first-order chi connectivity index (χ1) is 10.1. The molecule has 1 heterocycles. The van der Waals surface area contributed by atoms with E-state index in [0.29, 0.717) is 6.54 Å². The third-order valence-corrected chi connectivity index (χ3v) is 4.36. The molecule has 21 heavy (non-hydrogen) atoms. The lowest BCUT2D eigenvalue weighted by molar-refractivity contribution is -0.117. The third-order valence-electron chi connectivity index (χ3n) is 4.36. The maximum absolute atomic E-state index is 12.1. The molecule has 0 spiro atoms. The maximum Gasteiger partial charge on any atom is 0.238 e. The number of rotatable bonds is 4. The van der Waals surface area contributed by atoms with Crippen LogP contribution in [0.25, 0.3) is 0 Å². The first kappa shape index (κ1) is 14.4. The fourth-order valence-electron chi connectivity index (χ4n) is 2.95. The number of nitrogen functional groups attached to an aromatic ring is 1. The van der Waals surface area contributed by atoms with Gasteiger partial charge in [0.15, 0.2) is 0 Å². The summed E-state index contributed by atoms with van der Waals surface area (Å²) in [5.74, 6) is 0.0581. The van der Waals surface area contributed by atoms with Crippen LogP contribution >= 0.6 is 0 Å². The van der Waals surface area contributed by atoms with Gasteiger partial charge in [-0.25, -0.2) is 0 Å². The second kappa shape index (κ2) is 6.03. The molecular formula is C16H24N4O. The van der Waals surface area contributed by atoms with E-state index in [2.05, 4.69) is 15.1 Å². The Morgan fingerprint density at radius 2 is 2.00 bits per heavy atom. The van der Waals surface area contributed by atoms with Crippen LogP contribution in [0.2, 0.25) is 0 Å². The van der Waals surface area contributed by atoms with Crippen LogP contribution in [0.1, 0.15) is 18.4 Å². The number of nitrogens with zero attached hydrogens (tertiary/aromatic N) is 2. The Kier molecular flexibility index (Phi) is 4.12. The van der Waals surface area contributed by atoms with Crippen LogP contribution in [0, 0.1) is 6.92 Å². The second-order valence-corrected chi connectivity index (χ2v) is 6.17. The largest absolute Gasteiger partial charge is 0.399 e. The molecule has 5 nitrogen and oxygen atoms in total. The van der Waals surface area contributed by atoms with Crippen LogP contribution in [0.5, 0.6) is 0 Å². The van der Waals surface area contributed by atoms with Crippen molar-refractivity contribution in [2.24, 2.45) is 0 Å². The minimum Gasteiger partial charge on any atom is -0.399 e. The van der Waals surface area contributed by atoms with Gasteiger partial charge in [-0.15, -0.1) is 0 Å². The molecule has 1 aromatic rings. The highest BCUT2D eigenvalue weighted by molar-refractivity contribution is 5.93. The zero-order chi connectivity index (χ0) is 14.8. The monoisotopic (exact) mass is 288 g/mol. The van der Waals surface area contributed by atoms with E-state index < -0.39 is 0 Å². The SMILES string of the molecule is Cc1cc(N)ccc1NC(=O)CN1CCN(C2CC2)CC1. The fraction of sp³-hybridized carbons (Fsp3) is 0.562. The molecule has 0 aromatic heterocycles. The molecule has 3 rings (SSSR count). The topological polar surface area (TPSA) is 61.6 Å². The van der Waals surface area contributed by atoms with Gasteiger partial charge in [-0.1, -0.05) is 0 Å². The molecule has 1 aromatic carbocycles. The summed E-state index contributed by atoms with van der Waals surface area (Å²) in [6, 6.07) is 6.40. The number of carbonyl (C=O) groups excluding carboxylic acids is 1. The van der Waals surface area contributed by atoms with Crippen LogP contribution in [-0.2, 0) is 4.79 Å². The van der Waals surface area contributed by atoms with Crippen molar-refractivity contribution in [3.8, 4) is 0 Å². The Morgan fingerprint density at radius 3 is 2.62 bits per heavy atom. The van der Waals surface area contributed by atoms with Crippen molar-refractivity contribution < 1.29 is 4.79 Å². The summed E-state index contributed by atoms with van der Waals surface area (Å²) < 4.78 is 0. The van der Waals surface area contributed by atoms with Gasteiger partial charge in [0, 0.05) is 43.6 Å². The molecule has 5 heteroatoms. The molecule has 114 valence electrons. The number of piperazine rings is 1. The summed E-state index contributed by atoms with van der Waals surface area (Å²) in [6.07, 6.45) is 2.72. The van der Waals surface area contributed by atoms with Gasteiger partial charge in [0.1, 0.15) is 0 Å². The lowest BCUT2D eigenvalue weighted by Gasteiger charge is -2.34. The average Bonchev–Trinajstić information content (AvgIpc) is 3.27. The average molecular weight is 288 g/mol. The number of anilines is 2. The highest BCUT2D eigenvalue weighted by atomic mass is 16.2. The summed E-state index contributed by atoms with van der Waals surface area (Å²) in [5, 5.41) is 2.98. The molecule has 0 radical (unpaired) electrons. The highest BCUT2D eigenvalue weighted by Crippen LogP contribution is 2.27. The van der Waals surface area contributed by atoms with E-state index in [-0.39, 0.29) is 5.91 Å². The van der Waals surface area contributed by atoms with E-state index in [0.717, 1.165) is 49.2 Å². The van der Waals surface area contributed by atoms with Crippen LogP contribution < -0.4 is 11.1 Å². The molecule has 1 saturated heterocycles. The van der Waals surface area contributed by atoms with Crippen molar-refractivity contribution in [2.45, 2.75) is 25.8 Å². The van der Waals surface area contributed by atoms with E-state index in [4.69, 9.17) is 5.73 Å². The normalized spacial score (nSPS) is 20.4. The summed E-state index contributed by atoms with van der Waals surface area (Å²) in [7, 11) is 0. The number of nitrogens with two attached hydrogens (primary N) is 1. The fourth-order valence-corrected chi connectivity index (χ4v) is 2.95. The molecule has 1 aliphatic carbocycles. The predicted octanol–water partition coefficient (Wildman–Crippen LogP) is 1.30. The standard InChI is InChI=1S/C16H24N4O/c1-12-10-13(17)2-5-15(12)18-16(21)11-19-6-8-20(9-7-19)14-3-4-14/h2,5,10,14H,3-4,6-9,11,17H2,1H3,(H,18,21). The molecule has 2 aliphatic rings. The smallest absolute Gasteiger partial charge is 0.238 e. The number of aryl methyl sites for hydroxylation is 1. The summed E-state index contributed by atoms with van der Waals surface area (Å²) in [5.41, 5.74) is 8.30. The van der Waals surface area contributed by atoms with Crippen molar-refractivity contribution in [2.75, 3.05) is 43.8 Å². The number of hydrogen-bond donors (Lipinski definition) is 2. The van der Waals surface area contributed by atoms with Crippen molar-refractivity contribution in [1.29, 1.82) is 0 Å². The number of benzene rings is 1. The zero-order valence-corrected chi connectivity index (χ0v) is 12.6. The second-order valence-electron chi connectivity index (χ2n) is 6.17. The van der Waals surface area contributed by atoms with Crippen LogP contribution in [0.4, 0.5) is 11.4 Å². The number of nitrogens with one attached hydrogen (secondary N) is 1. The van der Waals surface area contributed by atoms with E-state index in [1.165, 1.54) is 12.8 Å². The van der Waals surface area contributed by atoms with Crippen molar-refractivity contribution in [3.05, 3.63) is 23.8 Å². The van der Waals surface area contributed by atoms with Crippen LogP contribution in [0.15, 0.2) is 18.2 Å². The number of amides is 1. The predicted molar refractivity (Wildman–Crippen MR) is 85.3 cm³/mol. The van der Waals surface area contributed by atoms with E-state index >= 15 is 0 Å². The Balaban J connectivity index is 1.47. The van der Waals surface area contributed by atoms with Crippen LogP contribution in [-0.4, -0.2) is 54.5 Å². The molecule has 1 aliphatic heterocycles. The molecule has 1 amide bonds. The minimum absolute atomic E-state index is 0.0581. The molecule has 2 fully saturated rings. The summed E-state index contributed by atoms with van der Waals surface area (Å²) in [4.78, 5) is 16.9. The van der Waals surface area contributed by atoms with Gasteiger partial charge in [0.2, 0.25) is 5.91 Å². The van der Waals surface area contributed by atoms with Gasteiger partial charge in [-0.3, -0.25) is 14.6 Å². The molecule has 1 saturated carbocycles. The lowest BCUT2D eigenvalue weighted by atomic mass is 10.2. The quantitative estimate of drug-likeness (QED) is 0.820. The van der Waals surface area contributed by atoms with Gasteiger partial charge in [0.05, 0.1) is 6.54 Å². The Labute approximate surface area is 126 Å². The Morgan fingerprint density at radius 1 is 1.29 bits per heavy atom. The molecule has 3 N–H and O–H groups in total. The summed E-state index contributed by atoms with van der Waals surface area (Å²) in [6.45, 7) is 6.61. The summed E-state index contributed by atoms with van der Waals surface area (Å²) >= 11 is 0. The van der Waals surface area contributed by atoms with Gasteiger partial charge in [0.25, 0.3) is 0 Å². The van der Waals surface area contributed by atoms with Crippen molar-refractivity contribution in [1.82, 2.24) is 9.80 Å². The Hall–Kier alpha value is -1.59. The van der Waals surface area contributed by atoms with Crippen LogP contribution in [0.3, 0.4) is 0 Å². The first-order valence-electron chi connectivity index (χ1n) is 7.74. The number of carbonyl (C=O) groups is 1. The third kappa shape index (κ3) is 3.74. The van der Waals surface area contributed by atoms with Gasteiger partial charge < -0.3 is 11.1 Å². The Bertz CT molecular complexity index is 519. The van der Waals surface area contributed by atoms with Gasteiger partial charge in [-0.2, -0.15) is 0 Å². The van der Waals surface area contributed by atoms with E-state index in [1.54, 1.807) is 0 Å². The zero-order valence-electron chi connectivity index (χ0n) is 12.6. The van der Waals surface area contributed by atoms with Gasteiger partial charge >= 0.3 is 0 Å². The molecule has 0 bridgehead atoms. The number of hydrogen-bond acceptors (Lipinski definition) is 4. The van der Waals surface area contributed by atoms with Gasteiger partial charge in [-0.05, 0) is 43.5 Å². The lowest BCUT2D eigenvalue weighted by Crippen LogP contribution is -2.49. The van der Waals surface area contributed by atoms with E-state index in [9.17, 15) is 4.79 Å². The van der Waals surface area contributed by atoms with Crippen molar-refractivity contribution in [3.63, 3.8) is 0 Å². The minimum atomic E-state index is 0.0581. The van der Waals surface area contributed by atoms with E-state index in [1.807, 2.05) is 25.1 Å². The highest BCUT2D eigenvalue weighted by Gasteiger charge is 2.31. The van der Waals surface area contributed by atoms with Crippen molar-refractivity contribution >= 4 is 17.3 Å².